The molecule has 0 atom stereocenters. The molecule has 6 N–H and O–H groups in total. The minimum atomic E-state index is 0.426. The summed E-state index contributed by atoms with van der Waals surface area (Å²) in [6.07, 6.45) is 1.07. The van der Waals surface area contributed by atoms with Gasteiger partial charge in [0.15, 0.2) is 0 Å². The summed E-state index contributed by atoms with van der Waals surface area (Å²) in [4.78, 5) is 21.0. The fraction of sp³-hybridized carbons (Fsp3) is 0. The van der Waals surface area contributed by atoms with Gasteiger partial charge < -0.3 is 26.8 Å². The van der Waals surface area contributed by atoms with Gasteiger partial charge in [-0.3, -0.25) is 9.59 Å². The van der Waals surface area contributed by atoms with Gasteiger partial charge in [-0.15, -0.1) is 0 Å². The van der Waals surface area contributed by atoms with E-state index in [1.807, 2.05) is 0 Å². The maximum Gasteiger partial charge on any atom is 0.211 e. The standard InChI is InChI=1S/C14H14N4O3/c15-11-3-1-9(5-13(11)17-7-19)21-10-2-4-12(16)14(6-10)18-8-20/h1-8H,15-16H2,(H,17,19)(H,18,20). The minimum Gasteiger partial charge on any atom is -0.457 e. The Balaban J connectivity index is 2.25. The lowest BCUT2D eigenvalue weighted by atomic mass is 10.2. The molecule has 108 valence electrons. The number of rotatable bonds is 6. The van der Waals surface area contributed by atoms with Crippen molar-refractivity contribution in [1.82, 2.24) is 0 Å². The lowest BCUT2D eigenvalue weighted by molar-refractivity contribution is -0.106. The second-order valence-electron chi connectivity index (χ2n) is 4.12. The fourth-order valence-electron chi connectivity index (χ4n) is 1.71. The third kappa shape index (κ3) is 3.41. The van der Waals surface area contributed by atoms with E-state index in [0.717, 1.165) is 0 Å². The monoisotopic (exact) mass is 286 g/mol. The molecular weight excluding hydrogens is 272 g/mol. The quantitative estimate of drug-likeness (QED) is 0.476. The SMILES string of the molecule is Nc1ccc(Oc2ccc(N)c(NC=O)c2)cc1NC=O. The fourth-order valence-corrected chi connectivity index (χ4v) is 1.71. The summed E-state index contributed by atoms with van der Waals surface area (Å²) in [5, 5.41) is 4.96. The molecule has 0 heterocycles. The van der Waals surface area contributed by atoms with E-state index in [4.69, 9.17) is 16.2 Å². The zero-order chi connectivity index (χ0) is 15.2. The van der Waals surface area contributed by atoms with Crippen LogP contribution in [0.1, 0.15) is 0 Å². The van der Waals surface area contributed by atoms with Crippen molar-refractivity contribution >= 4 is 35.6 Å². The van der Waals surface area contributed by atoms with Gasteiger partial charge in [-0.2, -0.15) is 0 Å². The molecule has 0 aliphatic heterocycles. The molecule has 0 aliphatic carbocycles. The lowest BCUT2D eigenvalue weighted by Gasteiger charge is -2.11. The number of benzene rings is 2. The summed E-state index contributed by atoms with van der Waals surface area (Å²) in [5.41, 5.74) is 13.2. The van der Waals surface area contributed by atoms with Crippen molar-refractivity contribution in [3.8, 4) is 11.5 Å². The first-order valence-electron chi connectivity index (χ1n) is 6.01. The van der Waals surface area contributed by atoms with Gasteiger partial charge in [-0.25, -0.2) is 0 Å². The largest absolute Gasteiger partial charge is 0.457 e. The predicted molar refractivity (Wildman–Crippen MR) is 81.2 cm³/mol. The Morgan fingerprint density at radius 2 is 1.24 bits per heavy atom. The first-order chi connectivity index (χ1) is 10.1. The van der Waals surface area contributed by atoms with Crippen molar-refractivity contribution < 1.29 is 14.3 Å². The zero-order valence-electron chi connectivity index (χ0n) is 11.0. The van der Waals surface area contributed by atoms with Crippen LogP contribution in [0.3, 0.4) is 0 Å². The van der Waals surface area contributed by atoms with Gasteiger partial charge in [0.2, 0.25) is 12.8 Å². The Labute approximate surface area is 120 Å². The van der Waals surface area contributed by atoms with Crippen LogP contribution in [-0.4, -0.2) is 12.8 Å². The van der Waals surface area contributed by atoms with Crippen molar-refractivity contribution in [1.29, 1.82) is 0 Å². The number of carbonyl (C=O) groups excluding carboxylic acids is 2. The molecule has 21 heavy (non-hydrogen) atoms. The molecule has 2 aromatic carbocycles. The minimum absolute atomic E-state index is 0.426. The van der Waals surface area contributed by atoms with Crippen LogP contribution in [0.4, 0.5) is 22.7 Å². The highest BCUT2D eigenvalue weighted by molar-refractivity contribution is 5.81. The lowest BCUT2D eigenvalue weighted by Crippen LogP contribution is -2.00. The first kappa shape index (κ1) is 14.2. The van der Waals surface area contributed by atoms with Crippen LogP contribution in [0.15, 0.2) is 36.4 Å². The summed E-state index contributed by atoms with van der Waals surface area (Å²) in [6.45, 7) is 0. The van der Waals surface area contributed by atoms with Crippen LogP contribution in [0.25, 0.3) is 0 Å². The molecule has 2 aromatic rings. The molecule has 0 radical (unpaired) electrons. The molecule has 2 rings (SSSR count). The number of hydrogen-bond donors (Lipinski definition) is 4. The molecule has 0 aliphatic rings. The normalized spacial score (nSPS) is 9.71. The topological polar surface area (TPSA) is 119 Å². The highest BCUT2D eigenvalue weighted by Crippen LogP contribution is 2.31. The second-order valence-corrected chi connectivity index (χ2v) is 4.12. The number of ether oxygens (including phenoxy) is 1. The van der Waals surface area contributed by atoms with Gasteiger partial charge in [0.05, 0.1) is 22.7 Å². The van der Waals surface area contributed by atoms with Crippen molar-refractivity contribution in [2.75, 3.05) is 22.1 Å². The third-order valence-electron chi connectivity index (χ3n) is 2.71. The zero-order valence-corrected chi connectivity index (χ0v) is 11.0. The maximum absolute atomic E-state index is 10.5. The van der Waals surface area contributed by atoms with E-state index in [-0.39, 0.29) is 0 Å². The molecule has 0 unspecified atom stereocenters. The van der Waals surface area contributed by atoms with Gasteiger partial charge >= 0.3 is 0 Å². The van der Waals surface area contributed by atoms with Crippen LogP contribution in [0, 0.1) is 0 Å². The van der Waals surface area contributed by atoms with Gasteiger partial charge in [0.1, 0.15) is 11.5 Å². The predicted octanol–water partition coefficient (Wildman–Crippen LogP) is 1.78. The maximum atomic E-state index is 10.5. The van der Waals surface area contributed by atoms with E-state index in [2.05, 4.69) is 10.6 Å². The number of nitrogen functional groups attached to an aromatic ring is 2. The van der Waals surface area contributed by atoms with Crippen LogP contribution in [-0.2, 0) is 9.59 Å². The highest BCUT2D eigenvalue weighted by atomic mass is 16.5. The highest BCUT2D eigenvalue weighted by Gasteiger charge is 2.05. The average Bonchev–Trinajstić information content (AvgIpc) is 2.47. The Morgan fingerprint density at radius 1 is 0.810 bits per heavy atom. The summed E-state index contributed by atoms with van der Waals surface area (Å²) < 4.78 is 5.64. The van der Waals surface area contributed by atoms with Gasteiger partial charge in [0, 0.05) is 12.1 Å². The van der Waals surface area contributed by atoms with E-state index in [0.29, 0.717) is 47.1 Å². The van der Waals surface area contributed by atoms with E-state index >= 15 is 0 Å². The summed E-state index contributed by atoms with van der Waals surface area (Å²) in [6, 6.07) is 9.73. The molecule has 2 amide bonds. The molecular formula is C14H14N4O3. The van der Waals surface area contributed by atoms with E-state index in [9.17, 15) is 9.59 Å². The van der Waals surface area contributed by atoms with Crippen molar-refractivity contribution in [2.45, 2.75) is 0 Å². The first-order valence-corrected chi connectivity index (χ1v) is 6.01. The average molecular weight is 286 g/mol. The third-order valence-corrected chi connectivity index (χ3v) is 2.71. The Kier molecular flexibility index (Phi) is 4.25. The summed E-state index contributed by atoms with van der Waals surface area (Å²) >= 11 is 0. The molecule has 0 fully saturated rings. The van der Waals surface area contributed by atoms with Gasteiger partial charge in [-0.05, 0) is 24.3 Å². The molecule has 0 saturated carbocycles. The molecule has 0 saturated heterocycles. The Hall–Kier alpha value is -3.22. The van der Waals surface area contributed by atoms with Crippen molar-refractivity contribution in [2.24, 2.45) is 0 Å². The number of amides is 2. The van der Waals surface area contributed by atoms with Gasteiger partial charge in [-0.1, -0.05) is 0 Å². The van der Waals surface area contributed by atoms with Crippen LogP contribution in [0.2, 0.25) is 0 Å². The Bertz CT molecular complexity index is 616. The van der Waals surface area contributed by atoms with E-state index < -0.39 is 0 Å². The van der Waals surface area contributed by atoms with E-state index in [1.165, 1.54) is 0 Å². The van der Waals surface area contributed by atoms with Gasteiger partial charge in [0.25, 0.3) is 0 Å². The number of carbonyl (C=O) groups is 2. The van der Waals surface area contributed by atoms with Crippen LogP contribution < -0.4 is 26.8 Å². The van der Waals surface area contributed by atoms with E-state index in [1.54, 1.807) is 36.4 Å². The van der Waals surface area contributed by atoms with Crippen LogP contribution >= 0.6 is 0 Å². The molecule has 7 nitrogen and oxygen atoms in total. The molecule has 0 bridgehead atoms. The number of nitrogens with two attached hydrogens (primary N) is 2. The molecule has 0 aromatic heterocycles. The Morgan fingerprint density at radius 3 is 1.62 bits per heavy atom. The molecule has 7 heteroatoms. The smallest absolute Gasteiger partial charge is 0.211 e. The molecule has 0 spiro atoms. The number of hydrogen-bond acceptors (Lipinski definition) is 5. The number of anilines is 4. The number of nitrogens with one attached hydrogen (secondary N) is 2. The summed E-state index contributed by atoms with van der Waals surface area (Å²) in [7, 11) is 0. The second kappa shape index (κ2) is 6.29. The van der Waals surface area contributed by atoms with Crippen LogP contribution in [0.5, 0.6) is 11.5 Å². The van der Waals surface area contributed by atoms with Crippen molar-refractivity contribution in [3.05, 3.63) is 36.4 Å². The summed E-state index contributed by atoms with van der Waals surface area (Å²) in [5.74, 6) is 0.964. The van der Waals surface area contributed by atoms with Crippen molar-refractivity contribution in [3.63, 3.8) is 0 Å².